The van der Waals surface area contributed by atoms with Gasteiger partial charge < -0.3 is 33.8 Å². The van der Waals surface area contributed by atoms with E-state index in [-0.39, 0.29) is 25.7 Å². The zero-order valence-electron chi connectivity index (χ0n) is 58.4. The number of rotatable bonds is 70. The fourth-order valence-corrected chi connectivity index (χ4v) is 12.3. The summed E-state index contributed by atoms with van der Waals surface area (Å²) in [4.78, 5) is 72.4. The van der Waals surface area contributed by atoms with Gasteiger partial charge in [0, 0.05) is 25.7 Å². The van der Waals surface area contributed by atoms with E-state index in [0.29, 0.717) is 25.7 Å². The molecule has 0 saturated carbocycles. The third-order valence-corrected chi connectivity index (χ3v) is 18.4. The van der Waals surface area contributed by atoms with Gasteiger partial charge in [-0.1, -0.05) is 311 Å². The Morgan fingerprint density at radius 2 is 0.511 bits per heavy atom. The summed E-state index contributed by atoms with van der Waals surface area (Å²) in [7, 11) is -9.89. The highest BCUT2D eigenvalue weighted by Crippen LogP contribution is 2.45. The molecule has 0 saturated heterocycles. The Hall–Kier alpha value is -1.94. The molecule has 0 aliphatic heterocycles. The molecular weight excluding hydrogens is 1190 g/mol. The van der Waals surface area contributed by atoms with Gasteiger partial charge in [-0.3, -0.25) is 37.3 Å². The minimum absolute atomic E-state index is 0.105. The normalized spacial score (nSPS) is 14.1. The van der Waals surface area contributed by atoms with Gasteiger partial charge in [0.1, 0.15) is 19.3 Å². The lowest BCUT2D eigenvalue weighted by molar-refractivity contribution is -0.161. The molecule has 2 unspecified atom stereocenters. The molecule has 0 amide bonds. The molecule has 0 aliphatic rings. The summed E-state index contributed by atoms with van der Waals surface area (Å²) >= 11 is 0. The predicted octanol–water partition coefficient (Wildman–Crippen LogP) is 20.4. The Morgan fingerprint density at radius 1 is 0.300 bits per heavy atom. The summed E-state index contributed by atoms with van der Waals surface area (Å²) < 4.78 is 68.2. The average molecular weight is 1330 g/mol. The first-order valence-electron chi connectivity index (χ1n) is 37.0. The zero-order valence-corrected chi connectivity index (χ0v) is 60.2. The molecule has 5 atom stereocenters. The first-order chi connectivity index (χ1) is 43.4. The maximum Gasteiger partial charge on any atom is 0.472 e. The highest BCUT2D eigenvalue weighted by molar-refractivity contribution is 7.47. The number of aliphatic hydroxyl groups excluding tert-OH is 1. The summed E-state index contributed by atoms with van der Waals surface area (Å²) in [5.74, 6) is -0.534. The van der Waals surface area contributed by atoms with E-state index in [2.05, 4.69) is 41.5 Å². The van der Waals surface area contributed by atoms with Crippen LogP contribution in [0.1, 0.15) is 363 Å². The second kappa shape index (κ2) is 63.1. The molecule has 0 aromatic rings. The standard InChI is InChI=1S/C71H138O17P2/c1-7-9-11-13-15-28-37-43-49-55-70(75)87-66(59-81-68(73)53-47-41-33-14-12-10-8-2)61-85-89(77,78)83-57-65(72)58-84-90(79,80)86-62-67(60-82-69(74)54-48-42-36-31-26-23-19-21-25-30-35-40-46-52-64(5)6)88-71(76)56-50-44-38-32-27-22-18-16-17-20-24-29-34-39-45-51-63(3)4/h63-67,72H,7-62H2,1-6H3,(H,77,78)(H,79,80)/t65-,66+,67+/m0/s1. The molecule has 3 N–H and O–H groups in total. The number of esters is 4. The molecule has 0 aliphatic carbocycles. The van der Waals surface area contributed by atoms with Crippen LogP contribution in [-0.2, 0) is 65.4 Å². The topological polar surface area (TPSA) is 237 Å². The van der Waals surface area contributed by atoms with Crippen molar-refractivity contribution in [2.75, 3.05) is 39.6 Å². The monoisotopic (exact) mass is 1320 g/mol. The third-order valence-electron chi connectivity index (χ3n) is 16.5. The Bertz CT molecular complexity index is 1750. The quantitative estimate of drug-likeness (QED) is 0.0222. The largest absolute Gasteiger partial charge is 0.472 e. The summed E-state index contributed by atoms with van der Waals surface area (Å²) in [6.45, 7) is 9.54. The van der Waals surface area contributed by atoms with Crippen molar-refractivity contribution in [3.63, 3.8) is 0 Å². The first kappa shape index (κ1) is 88.1. The lowest BCUT2D eigenvalue weighted by Gasteiger charge is -2.21. The highest BCUT2D eigenvalue weighted by Gasteiger charge is 2.30. The van der Waals surface area contributed by atoms with Crippen molar-refractivity contribution in [2.24, 2.45) is 11.8 Å². The van der Waals surface area contributed by atoms with E-state index in [9.17, 15) is 43.2 Å². The van der Waals surface area contributed by atoms with Gasteiger partial charge in [-0.05, 0) is 37.5 Å². The van der Waals surface area contributed by atoms with Crippen LogP contribution in [0, 0.1) is 11.8 Å². The Kier molecular flexibility index (Phi) is 61.8. The number of hydrogen-bond donors (Lipinski definition) is 3. The van der Waals surface area contributed by atoms with E-state index in [4.69, 9.17) is 37.0 Å². The van der Waals surface area contributed by atoms with Gasteiger partial charge in [-0.2, -0.15) is 0 Å². The maximum absolute atomic E-state index is 13.0. The smallest absolute Gasteiger partial charge is 0.462 e. The second-order valence-corrected chi connectivity index (χ2v) is 29.5. The van der Waals surface area contributed by atoms with Gasteiger partial charge in [0.15, 0.2) is 12.2 Å². The van der Waals surface area contributed by atoms with Crippen molar-refractivity contribution in [2.45, 2.75) is 381 Å². The predicted molar refractivity (Wildman–Crippen MR) is 363 cm³/mol. The Labute approximate surface area is 549 Å². The van der Waals surface area contributed by atoms with Crippen molar-refractivity contribution in [3.8, 4) is 0 Å². The van der Waals surface area contributed by atoms with Crippen LogP contribution in [0.5, 0.6) is 0 Å². The van der Waals surface area contributed by atoms with Crippen LogP contribution < -0.4 is 0 Å². The average Bonchev–Trinajstić information content (AvgIpc) is 3.55. The molecule has 0 heterocycles. The van der Waals surface area contributed by atoms with Crippen molar-refractivity contribution in [1.82, 2.24) is 0 Å². The van der Waals surface area contributed by atoms with Crippen molar-refractivity contribution in [1.29, 1.82) is 0 Å². The summed E-state index contributed by atoms with van der Waals surface area (Å²) in [5.41, 5.74) is 0. The molecule has 0 radical (unpaired) electrons. The maximum atomic E-state index is 13.0. The second-order valence-electron chi connectivity index (χ2n) is 26.6. The van der Waals surface area contributed by atoms with Crippen molar-refractivity contribution >= 4 is 39.5 Å². The minimum Gasteiger partial charge on any atom is -0.462 e. The molecule has 534 valence electrons. The fourth-order valence-electron chi connectivity index (χ4n) is 10.8. The molecule has 90 heavy (non-hydrogen) atoms. The van der Waals surface area contributed by atoms with E-state index in [0.717, 1.165) is 115 Å². The van der Waals surface area contributed by atoms with Gasteiger partial charge in [0.05, 0.1) is 26.4 Å². The molecule has 0 bridgehead atoms. The summed E-state index contributed by atoms with van der Waals surface area (Å²) in [5, 5.41) is 10.6. The van der Waals surface area contributed by atoms with E-state index in [1.807, 2.05) is 0 Å². The van der Waals surface area contributed by atoms with Crippen LogP contribution in [-0.4, -0.2) is 96.7 Å². The van der Waals surface area contributed by atoms with Gasteiger partial charge >= 0.3 is 39.5 Å². The SMILES string of the molecule is CCCCCCCCCCCC(=O)O[C@H](COC(=O)CCCCCCCCC)COP(=O)(O)OC[C@H](O)COP(=O)(O)OC[C@@H](COC(=O)CCCCCCCCCCCCCCCC(C)C)OC(=O)CCCCCCCCCCCCCCCCCC(C)C. The highest BCUT2D eigenvalue weighted by atomic mass is 31.2. The van der Waals surface area contributed by atoms with Gasteiger partial charge in [-0.15, -0.1) is 0 Å². The van der Waals surface area contributed by atoms with E-state index in [1.165, 1.54) is 167 Å². The van der Waals surface area contributed by atoms with Crippen LogP contribution in [0.4, 0.5) is 0 Å². The van der Waals surface area contributed by atoms with Gasteiger partial charge in [0.25, 0.3) is 0 Å². The number of phosphoric acid groups is 2. The molecule has 0 aromatic heterocycles. The summed E-state index contributed by atoms with van der Waals surface area (Å²) in [6.07, 6.45) is 48.7. The molecular formula is C71H138O17P2. The summed E-state index contributed by atoms with van der Waals surface area (Å²) in [6, 6.07) is 0. The third kappa shape index (κ3) is 64.8. The van der Waals surface area contributed by atoms with E-state index in [1.54, 1.807) is 0 Å². The number of hydrogen-bond acceptors (Lipinski definition) is 15. The van der Waals surface area contributed by atoms with Crippen LogP contribution in [0.15, 0.2) is 0 Å². The fraction of sp³-hybridized carbons (Fsp3) is 0.944. The lowest BCUT2D eigenvalue weighted by Crippen LogP contribution is -2.30. The van der Waals surface area contributed by atoms with Crippen LogP contribution in [0.25, 0.3) is 0 Å². The van der Waals surface area contributed by atoms with E-state index < -0.39 is 97.5 Å². The van der Waals surface area contributed by atoms with Crippen molar-refractivity contribution < 1.29 is 80.2 Å². The molecule has 19 heteroatoms. The number of carbonyl (C=O) groups is 4. The first-order valence-corrected chi connectivity index (χ1v) is 40.0. The molecule has 17 nitrogen and oxygen atoms in total. The van der Waals surface area contributed by atoms with E-state index >= 15 is 0 Å². The Morgan fingerprint density at radius 3 is 0.756 bits per heavy atom. The van der Waals surface area contributed by atoms with Crippen LogP contribution >= 0.6 is 15.6 Å². The minimum atomic E-state index is -4.95. The zero-order chi connectivity index (χ0) is 66.5. The lowest BCUT2D eigenvalue weighted by atomic mass is 10.0. The molecule has 0 fully saturated rings. The number of aliphatic hydroxyl groups is 1. The number of ether oxygens (including phenoxy) is 4. The van der Waals surface area contributed by atoms with Crippen molar-refractivity contribution in [3.05, 3.63) is 0 Å². The van der Waals surface area contributed by atoms with Gasteiger partial charge in [0.2, 0.25) is 0 Å². The Balaban J connectivity index is 5.18. The molecule has 0 rings (SSSR count). The molecule has 0 aromatic carbocycles. The molecule has 0 spiro atoms. The van der Waals surface area contributed by atoms with Crippen LogP contribution in [0.2, 0.25) is 0 Å². The number of unbranched alkanes of at least 4 members (excludes halogenated alkanes) is 40. The number of phosphoric ester groups is 2. The number of carbonyl (C=O) groups excluding carboxylic acids is 4. The van der Waals surface area contributed by atoms with Gasteiger partial charge in [-0.25, -0.2) is 9.13 Å². The van der Waals surface area contributed by atoms with Crippen LogP contribution in [0.3, 0.4) is 0 Å².